The van der Waals surface area contributed by atoms with Crippen LogP contribution >= 0.6 is 11.3 Å². The van der Waals surface area contributed by atoms with Crippen LogP contribution in [0.4, 0.5) is 4.39 Å². The Morgan fingerprint density at radius 1 is 1.41 bits per heavy atom. The van der Waals surface area contributed by atoms with Gasteiger partial charge < -0.3 is 10.6 Å². The molecule has 4 nitrogen and oxygen atoms in total. The summed E-state index contributed by atoms with van der Waals surface area (Å²) in [6.07, 6.45) is 0. The Morgan fingerprint density at radius 3 is 2.73 bits per heavy atom. The van der Waals surface area contributed by atoms with Gasteiger partial charge in [0.1, 0.15) is 5.82 Å². The summed E-state index contributed by atoms with van der Waals surface area (Å²) < 4.78 is 14.0. The van der Waals surface area contributed by atoms with Crippen molar-refractivity contribution in [1.82, 2.24) is 15.6 Å². The first-order valence-corrected chi connectivity index (χ1v) is 8.01. The van der Waals surface area contributed by atoms with E-state index in [1.165, 1.54) is 13.0 Å². The Morgan fingerprint density at radius 2 is 2.14 bits per heavy atom. The molecule has 0 aliphatic rings. The highest BCUT2D eigenvalue weighted by Crippen LogP contribution is 2.21. The Balaban J connectivity index is 2.13. The van der Waals surface area contributed by atoms with Gasteiger partial charge in [0.15, 0.2) is 0 Å². The minimum atomic E-state index is -0.424. The average Bonchev–Trinajstić information content (AvgIpc) is 2.88. The third-order valence-electron chi connectivity index (χ3n) is 3.53. The van der Waals surface area contributed by atoms with E-state index in [2.05, 4.69) is 15.6 Å². The smallest absolute Gasteiger partial charge is 0.217 e. The third kappa shape index (κ3) is 4.11. The van der Waals surface area contributed by atoms with Gasteiger partial charge in [-0.3, -0.25) is 4.79 Å². The van der Waals surface area contributed by atoms with Gasteiger partial charge in [0.05, 0.1) is 17.2 Å². The van der Waals surface area contributed by atoms with Crippen LogP contribution in [0.5, 0.6) is 0 Å². The number of aromatic nitrogens is 1. The summed E-state index contributed by atoms with van der Waals surface area (Å²) >= 11 is 1.58. The highest BCUT2D eigenvalue weighted by molar-refractivity contribution is 7.09. The van der Waals surface area contributed by atoms with Crippen molar-refractivity contribution in [3.8, 4) is 0 Å². The predicted octanol–water partition coefficient (Wildman–Crippen LogP) is 2.95. The summed E-state index contributed by atoms with van der Waals surface area (Å²) in [6.45, 7) is 5.97. The fourth-order valence-electron chi connectivity index (χ4n) is 2.29. The van der Waals surface area contributed by atoms with Crippen LogP contribution in [0.2, 0.25) is 0 Å². The molecule has 0 aliphatic carbocycles. The maximum atomic E-state index is 14.0. The molecule has 0 bridgehead atoms. The molecule has 6 heteroatoms. The summed E-state index contributed by atoms with van der Waals surface area (Å²) in [5.41, 5.74) is 3.28. The number of carbonyl (C=O) groups is 1. The lowest BCUT2D eigenvalue weighted by Crippen LogP contribution is -2.41. The van der Waals surface area contributed by atoms with Gasteiger partial charge in [-0.2, -0.15) is 0 Å². The number of hydrogen-bond acceptors (Lipinski definition) is 4. The number of benzene rings is 1. The molecule has 2 N–H and O–H groups in total. The number of halogens is 1. The van der Waals surface area contributed by atoms with Crippen molar-refractivity contribution < 1.29 is 9.18 Å². The van der Waals surface area contributed by atoms with Gasteiger partial charge in [0.25, 0.3) is 0 Å². The second-order valence-corrected chi connectivity index (χ2v) is 6.17. The zero-order chi connectivity index (χ0) is 16.1. The maximum absolute atomic E-state index is 14.0. The van der Waals surface area contributed by atoms with Gasteiger partial charge >= 0.3 is 0 Å². The molecule has 0 saturated heterocycles. The van der Waals surface area contributed by atoms with Crippen LogP contribution in [0.15, 0.2) is 29.8 Å². The molecular weight excluding hydrogens is 301 g/mol. The van der Waals surface area contributed by atoms with Crippen LogP contribution in [0.25, 0.3) is 0 Å². The molecule has 0 spiro atoms. The molecule has 2 atom stereocenters. The Bertz CT molecular complexity index is 644. The Hall–Kier alpha value is -1.79. The minimum absolute atomic E-state index is 0.123. The predicted molar refractivity (Wildman–Crippen MR) is 86.1 cm³/mol. The normalized spacial score (nSPS) is 13.6. The van der Waals surface area contributed by atoms with E-state index in [-0.39, 0.29) is 17.8 Å². The topological polar surface area (TPSA) is 54.0 Å². The molecule has 1 aromatic carbocycles. The lowest BCUT2D eigenvalue weighted by Gasteiger charge is -2.26. The van der Waals surface area contributed by atoms with Crippen molar-refractivity contribution in [2.45, 2.75) is 39.4 Å². The highest BCUT2D eigenvalue weighted by atomic mass is 32.1. The average molecular weight is 321 g/mol. The summed E-state index contributed by atoms with van der Waals surface area (Å²) in [6, 6.07) is 5.97. The van der Waals surface area contributed by atoms with Crippen LogP contribution in [0.3, 0.4) is 0 Å². The van der Waals surface area contributed by atoms with Crippen LogP contribution in [0.1, 0.15) is 36.0 Å². The maximum Gasteiger partial charge on any atom is 0.217 e. The number of rotatable bonds is 6. The quantitative estimate of drug-likeness (QED) is 0.860. The summed E-state index contributed by atoms with van der Waals surface area (Å²) in [5, 5.41) is 6.17. The molecule has 1 aromatic heterocycles. The first-order valence-electron chi connectivity index (χ1n) is 7.13. The number of nitrogens with zero attached hydrogens (tertiary/aromatic N) is 1. The molecule has 2 rings (SSSR count). The zero-order valence-electron chi connectivity index (χ0n) is 12.9. The molecule has 2 aromatic rings. The van der Waals surface area contributed by atoms with Crippen molar-refractivity contribution in [3.05, 3.63) is 51.7 Å². The number of hydrogen-bond donors (Lipinski definition) is 2. The van der Waals surface area contributed by atoms with Crippen molar-refractivity contribution >= 4 is 17.2 Å². The summed E-state index contributed by atoms with van der Waals surface area (Å²) in [4.78, 5) is 16.8. The van der Waals surface area contributed by atoms with Gasteiger partial charge in [-0.15, -0.1) is 11.3 Å². The number of nitrogens with one attached hydrogen (secondary N) is 2. The van der Waals surface area contributed by atoms with Crippen molar-refractivity contribution in [2.75, 3.05) is 0 Å². The van der Waals surface area contributed by atoms with Crippen LogP contribution in [0, 0.1) is 12.7 Å². The van der Waals surface area contributed by atoms with E-state index >= 15 is 0 Å². The molecule has 0 unspecified atom stereocenters. The second-order valence-electron chi connectivity index (χ2n) is 5.23. The van der Waals surface area contributed by atoms with E-state index in [1.807, 2.05) is 13.8 Å². The number of aryl methyl sites for hydroxylation is 1. The van der Waals surface area contributed by atoms with Crippen molar-refractivity contribution in [3.63, 3.8) is 0 Å². The minimum Gasteiger partial charge on any atom is -0.348 e. The Labute approximate surface area is 133 Å². The van der Waals surface area contributed by atoms with E-state index in [4.69, 9.17) is 0 Å². The fraction of sp³-hybridized carbons (Fsp3) is 0.375. The first kappa shape index (κ1) is 16.6. The molecule has 0 aliphatic heterocycles. The molecular formula is C16H20FN3OS. The third-order valence-corrected chi connectivity index (χ3v) is 4.46. The lowest BCUT2D eigenvalue weighted by atomic mass is 9.99. The SMILES string of the molecule is CC(=O)N[C@@H](c1ccccc1F)[C@H](C)NCc1scnc1C. The first-order chi connectivity index (χ1) is 10.5. The van der Waals surface area contributed by atoms with Gasteiger partial charge in [-0.25, -0.2) is 9.37 Å². The molecule has 118 valence electrons. The van der Waals surface area contributed by atoms with Crippen LogP contribution in [-0.2, 0) is 11.3 Å². The van der Waals surface area contributed by atoms with E-state index in [9.17, 15) is 9.18 Å². The van der Waals surface area contributed by atoms with Crippen LogP contribution < -0.4 is 10.6 Å². The molecule has 1 heterocycles. The molecule has 1 amide bonds. The number of thiazole rings is 1. The fourth-order valence-corrected chi connectivity index (χ4v) is 3.01. The van der Waals surface area contributed by atoms with Crippen molar-refractivity contribution in [2.24, 2.45) is 0 Å². The van der Waals surface area contributed by atoms with E-state index in [0.29, 0.717) is 12.1 Å². The van der Waals surface area contributed by atoms with E-state index in [0.717, 1.165) is 10.6 Å². The monoisotopic (exact) mass is 321 g/mol. The lowest BCUT2D eigenvalue weighted by molar-refractivity contribution is -0.119. The highest BCUT2D eigenvalue weighted by Gasteiger charge is 2.23. The van der Waals surface area contributed by atoms with E-state index in [1.54, 1.807) is 35.0 Å². The summed E-state index contributed by atoms with van der Waals surface area (Å²) in [5.74, 6) is -0.500. The number of carbonyl (C=O) groups excluding carboxylic acids is 1. The van der Waals surface area contributed by atoms with Gasteiger partial charge in [0.2, 0.25) is 5.91 Å². The summed E-state index contributed by atoms with van der Waals surface area (Å²) in [7, 11) is 0. The zero-order valence-corrected chi connectivity index (χ0v) is 13.7. The van der Waals surface area contributed by atoms with Gasteiger partial charge in [-0.05, 0) is 19.9 Å². The molecule has 0 fully saturated rings. The van der Waals surface area contributed by atoms with Crippen molar-refractivity contribution in [1.29, 1.82) is 0 Å². The molecule has 22 heavy (non-hydrogen) atoms. The van der Waals surface area contributed by atoms with Gasteiger partial charge in [0, 0.05) is 30.0 Å². The number of amides is 1. The standard InChI is InChI=1S/C16H20FN3OS/c1-10-15(22-9-19-10)8-18-11(2)16(20-12(3)21)13-6-4-5-7-14(13)17/h4-7,9,11,16,18H,8H2,1-3H3,(H,20,21)/t11-,16+/m0/s1. The Kier molecular flexibility index (Phi) is 5.63. The van der Waals surface area contributed by atoms with E-state index < -0.39 is 6.04 Å². The molecule has 0 radical (unpaired) electrons. The van der Waals surface area contributed by atoms with Crippen LogP contribution in [-0.4, -0.2) is 16.9 Å². The molecule has 0 saturated carbocycles. The van der Waals surface area contributed by atoms with Gasteiger partial charge in [-0.1, -0.05) is 18.2 Å². The second kappa shape index (κ2) is 7.47. The largest absolute Gasteiger partial charge is 0.348 e.